The number of benzene rings is 2. The fraction of sp³-hybridized carbons (Fsp3) is 0.174. The molecule has 30 heavy (non-hydrogen) atoms. The Morgan fingerprint density at radius 3 is 2.53 bits per heavy atom. The third kappa shape index (κ3) is 5.84. The minimum atomic E-state index is 0.537. The second-order valence-corrected chi connectivity index (χ2v) is 7.59. The summed E-state index contributed by atoms with van der Waals surface area (Å²) >= 11 is 1.71. The minimum absolute atomic E-state index is 0.537. The van der Waals surface area contributed by atoms with Crippen molar-refractivity contribution in [3.8, 4) is 17.2 Å². The van der Waals surface area contributed by atoms with Crippen LogP contribution in [0.15, 0.2) is 83.4 Å². The average Bonchev–Trinajstić information content (AvgIpc) is 3.28. The molecule has 0 aliphatic carbocycles. The van der Waals surface area contributed by atoms with Gasteiger partial charge in [0, 0.05) is 24.1 Å². The first-order valence-corrected chi connectivity index (χ1v) is 10.8. The monoisotopic (exact) mass is 418 g/mol. The van der Waals surface area contributed by atoms with Crippen molar-refractivity contribution in [2.75, 3.05) is 17.7 Å². The number of thioether (sulfide) groups is 1. The second-order valence-electron chi connectivity index (χ2n) is 6.48. The summed E-state index contributed by atoms with van der Waals surface area (Å²) in [7, 11) is 0. The van der Waals surface area contributed by atoms with Crippen LogP contribution in [-0.2, 0) is 12.3 Å². The quantitative estimate of drug-likeness (QED) is 0.361. The molecule has 0 unspecified atom stereocenters. The molecule has 0 amide bonds. The van der Waals surface area contributed by atoms with E-state index in [1.807, 2.05) is 72.8 Å². The standard InChI is InChI=1S/C23H22N4O2S/c1-2-6-20(7-3-1)28-14-15-30-17-22-26-27-23(29-22)19-11-9-18(10-12-19)16-25-21-8-4-5-13-24-21/h1-13H,14-17H2,(H,24,25). The van der Waals surface area contributed by atoms with Gasteiger partial charge in [-0.25, -0.2) is 4.98 Å². The third-order valence-electron chi connectivity index (χ3n) is 4.27. The lowest BCUT2D eigenvalue weighted by atomic mass is 10.1. The maximum absolute atomic E-state index is 5.79. The SMILES string of the molecule is c1ccc(OCCSCc2nnc(-c3ccc(CNc4ccccn4)cc3)o2)cc1. The molecule has 0 radical (unpaired) electrons. The molecule has 0 saturated heterocycles. The highest BCUT2D eigenvalue weighted by molar-refractivity contribution is 7.98. The Kier molecular flexibility index (Phi) is 6.96. The van der Waals surface area contributed by atoms with Gasteiger partial charge in [-0.3, -0.25) is 0 Å². The Morgan fingerprint density at radius 2 is 1.73 bits per heavy atom. The highest BCUT2D eigenvalue weighted by Crippen LogP contribution is 2.21. The predicted molar refractivity (Wildman–Crippen MR) is 119 cm³/mol. The lowest BCUT2D eigenvalue weighted by molar-refractivity contribution is 0.344. The molecule has 4 aromatic rings. The molecule has 4 rings (SSSR count). The first-order chi connectivity index (χ1) is 14.9. The summed E-state index contributed by atoms with van der Waals surface area (Å²) < 4.78 is 11.5. The molecule has 0 aliphatic heterocycles. The van der Waals surface area contributed by atoms with Gasteiger partial charge in [0.15, 0.2) is 0 Å². The lowest BCUT2D eigenvalue weighted by Crippen LogP contribution is -2.00. The van der Waals surface area contributed by atoms with E-state index in [1.54, 1.807) is 18.0 Å². The number of nitrogens with one attached hydrogen (secondary N) is 1. The van der Waals surface area contributed by atoms with Gasteiger partial charge in [-0.1, -0.05) is 36.4 Å². The zero-order valence-corrected chi connectivity index (χ0v) is 17.2. The summed E-state index contributed by atoms with van der Waals surface area (Å²) in [5, 5.41) is 11.6. The van der Waals surface area contributed by atoms with Gasteiger partial charge in [-0.05, 0) is 42.0 Å². The summed E-state index contributed by atoms with van der Waals surface area (Å²) in [5.74, 6) is 4.42. The molecule has 1 N–H and O–H groups in total. The average molecular weight is 419 g/mol. The number of rotatable bonds is 10. The molecule has 6 nitrogen and oxygen atoms in total. The molecular formula is C23H22N4O2S. The first-order valence-electron chi connectivity index (χ1n) is 9.69. The summed E-state index contributed by atoms with van der Waals surface area (Å²) in [5.41, 5.74) is 2.06. The van der Waals surface area contributed by atoms with E-state index < -0.39 is 0 Å². The van der Waals surface area contributed by atoms with E-state index in [0.717, 1.165) is 28.4 Å². The Balaban J connectivity index is 1.22. The summed E-state index contributed by atoms with van der Waals surface area (Å²) in [6, 6.07) is 23.7. The summed E-state index contributed by atoms with van der Waals surface area (Å²) in [4.78, 5) is 4.26. The van der Waals surface area contributed by atoms with Crippen molar-refractivity contribution in [2.45, 2.75) is 12.3 Å². The van der Waals surface area contributed by atoms with Crippen molar-refractivity contribution in [2.24, 2.45) is 0 Å². The molecule has 7 heteroatoms. The molecule has 0 spiro atoms. The van der Waals surface area contributed by atoms with Crippen molar-refractivity contribution >= 4 is 17.6 Å². The maximum atomic E-state index is 5.79. The van der Waals surface area contributed by atoms with E-state index in [4.69, 9.17) is 9.15 Å². The number of hydrogen-bond acceptors (Lipinski definition) is 7. The van der Waals surface area contributed by atoms with Crippen molar-refractivity contribution < 1.29 is 9.15 Å². The zero-order chi connectivity index (χ0) is 20.4. The van der Waals surface area contributed by atoms with E-state index in [-0.39, 0.29) is 0 Å². The van der Waals surface area contributed by atoms with Gasteiger partial charge < -0.3 is 14.5 Å². The van der Waals surface area contributed by atoms with Gasteiger partial charge in [0.1, 0.15) is 11.6 Å². The number of anilines is 1. The molecule has 0 aliphatic rings. The molecule has 0 bridgehead atoms. The normalized spacial score (nSPS) is 10.7. The van der Waals surface area contributed by atoms with Crippen molar-refractivity contribution in [3.05, 3.63) is 90.4 Å². The van der Waals surface area contributed by atoms with Crippen LogP contribution in [0.1, 0.15) is 11.5 Å². The van der Waals surface area contributed by atoms with Crippen LogP contribution in [0, 0.1) is 0 Å². The number of nitrogens with zero attached hydrogens (tertiary/aromatic N) is 3. The van der Waals surface area contributed by atoms with Gasteiger partial charge in [0.05, 0.1) is 12.4 Å². The smallest absolute Gasteiger partial charge is 0.247 e. The fourth-order valence-corrected chi connectivity index (χ4v) is 3.39. The highest BCUT2D eigenvalue weighted by Gasteiger charge is 2.09. The Bertz CT molecular complexity index is 1020. The lowest BCUT2D eigenvalue weighted by Gasteiger charge is -2.05. The number of ether oxygens (including phenoxy) is 1. The highest BCUT2D eigenvalue weighted by atomic mass is 32.2. The van der Waals surface area contributed by atoms with Crippen molar-refractivity contribution in [3.63, 3.8) is 0 Å². The van der Waals surface area contributed by atoms with Gasteiger partial charge in [0.2, 0.25) is 11.8 Å². The van der Waals surface area contributed by atoms with Crippen LogP contribution in [0.25, 0.3) is 11.5 Å². The van der Waals surface area contributed by atoms with Crippen LogP contribution < -0.4 is 10.1 Å². The molecule has 152 valence electrons. The van der Waals surface area contributed by atoms with E-state index in [0.29, 0.717) is 30.7 Å². The van der Waals surface area contributed by atoms with Crippen LogP contribution >= 0.6 is 11.8 Å². The fourth-order valence-electron chi connectivity index (χ4n) is 2.75. The van der Waals surface area contributed by atoms with Crippen LogP contribution in [0.3, 0.4) is 0 Å². The molecular weight excluding hydrogens is 396 g/mol. The molecule has 0 atom stereocenters. The van der Waals surface area contributed by atoms with E-state index in [9.17, 15) is 0 Å². The second kappa shape index (κ2) is 10.5. The largest absolute Gasteiger partial charge is 0.493 e. The van der Waals surface area contributed by atoms with Gasteiger partial charge in [-0.2, -0.15) is 0 Å². The van der Waals surface area contributed by atoms with Crippen molar-refractivity contribution in [1.29, 1.82) is 0 Å². The number of pyridine rings is 1. The molecule has 0 fully saturated rings. The summed E-state index contributed by atoms with van der Waals surface area (Å²) in [6.45, 7) is 1.34. The van der Waals surface area contributed by atoms with Gasteiger partial charge >= 0.3 is 0 Å². The minimum Gasteiger partial charge on any atom is -0.493 e. The molecule has 2 aromatic carbocycles. The van der Waals surface area contributed by atoms with E-state index in [2.05, 4.69) is 20.5 Å². The predicted octanol–water partition coefficient (Wildman–Crippen LogP) is 5.06. The molecule has 0 saturated carbocycles. The van der Waals surface area contributed by atoms with E-state index in [1.165, 1.54) is 0 Å². The van der Waals surface area contributed by atoms with Crippen LogP contribution in [0.2, 0.25) is 0 Å². The van der Waals surface area contributed by atoms with Crippen LogP contribution in [-0.4, -0.2) is 27.5 Å². The Hall–Kier alpha value is -3.32. The van der Waals surface area contributed by atoms with Crippen LogP contribution in [0.4, 0.5) is 5.82 Å². The number of hydrogen-bond donors (Lipinski definition) is 1. The maximum Gasteiger partial charge on any atom is 0.247 e. The topological polar surface area (TPSA) is 73.1 Å². The molecule has 2 aromatic heterocycles. The Labute approximate surface area is 179 Å². The van der Waals surface area contributed by atoms with Gasteiger partial charge in [-0.15, -0.1) is 22.0 Å². The molecule has 2 heterocycles. The third-order valence-corrected chi connectivity index (χ3v) is 5.18. The van der Waals surface area contributed by atoms with Crippen LogP contribution in [0.5, 0.6) is 5.75 Å². The van der Waals surface area contributed by atoms with Crippen molar-refractivity contribution in [1.82, 2.24) is 15.2 Å². The summed E-state index contributed by atoms with van der Waals surface area (Å²) in [6.07, 6.45) is 1.77. The number of para-hydroxylation sites is 1. The van der Waals surface area contributed by atoms with E-state index >= 15 is 0 Å². The first kappa shape index (κ1) is 20.0. The zero-order valence-electron chi connectivity index (χ0n) is 16.4. The number of aromatic nitrogens is 3. The Morgan fingerprint density at radius 1 is 0.900 bits per heavy atom. The van der Waals surface area contributed by atoms with Gasteiger partial charge in [0.25, 0.3) is 0 Å².